The van der Waals surface area contributed by atoms with E-state index in [2.05, 4.69) is 10.4 Å². The van der Waals surface area contributed by atoms with Gasteiger partial charge in [0.05, 0.1) is 16.9 Å². The Morgan fingerprint density at radius 2 is 2.22 bits per heavy atom. The summed E-state index contributed by atoms with van der Waals surface area (Å²) in [5.41, 5.74) is 6.06. The molecule has 0 saturated heterocycles. The molecule has 0 atom stereocenters. The van der Waals surface area contributed by atoms with Gasteiger partial charge in [-0.3, -0.25) is 20.2 Å². The SMILES string of the molecule is Br.O=C(NN1CCc2cc(Cl)ccc21)c1cccnc1CCO. The third kappa shape index (κ3) is 3.83. The standard InChI is InChI=1S/C16H16ClN3O2.BrH/c17-12-3-4-15-11(10-12)5-8-20(15)19-16(22)13-2-1-7-18-14(13)6-9-21;/h1-4,7,10,21H,5-6,8-9H2,(H,19,22);1H. The predicted octanol–water partition coefficient (Wildman–Crippen LogP) is 2.56. The van der Waals surface area contributed by atoms with Gasteiger partial charge in [0.2, 0.25) is 0 Å². The van der Waals surface area contributed by atoms with E-state index in [-0.39, 0.29) is 29.5 Å². The molecule has 0 aliphatic carbocycles. The van der Waals surface area contributed by atoms with Crippen LogP contribution in [0.5, 0.6) is 0 Å². The number of aromatic nitrogens is 1. The van der Waals surface area contributed by atoms with Gasteiger partial charge in [0.1, 0.15) is 0 Å². The summed E-state index contributed by atoms with van der Waals surface area (Å²) in [6.45, 7) is 0.666. The van der Waals surface area contributed by atoms with Crippen molar-refractivity contribution in [1.29, 1.82) is 0 Å². The van der Waals surface area contributed by atoms with Crippen molar-refractivity contribution in [3.05, 3.63) is 58.4 Å². The highest BCUT2D eigenvalue weighted by molar-refractivity contribution is 8.93. The van der Waals surface area contributed by atoms with Gasteiger partial charge in [-0.15, -0.1) is 17.0 Å². The van der Waals surface area contributed by atoms with Crippen molar-refractivity contribution in [2.24, 2.45) is 0 Å². The maximum Gasteiger partial charge on any atom is 0.271 e. The molecular formula is C16H17BrClN3O2. The quantitative estimate of drug-likeness (QED) is 0.831. The smallest absolute Gasteiger partial charge is 0.271 e. The Bertz CT molecular complexity index is 711. The lowest BCUT2D eigenvalue weighted by Crippen LogP contribution is -2.41. The highest BCUT2D eigenvalue weighted by atomic mass is 79.9. The molecule has 122 valence electrons. The van der Waals surface area contributed by atoms with Crippen LogP contribution < -0.4 is 10.4 Å². The zero-order chi connectivity index (χ0) is 15.5. The first kappa shape index (κ1) is 17.7. The van der Waals surface area contributed by atoms with Gasteiger partial charge in [0.15, 0.2) is 0 Å². The lowest BCUT2D eigenvalue weighted by molar-refractivity contribution is 0.0948. The van der Waals surface area contributed by atoms with E-state index in [4.69, 9.17) is 16.7 Å². The second-order valence-corrected chi connectivity index (χ2v) is 5.52. The molecular weight excluding hydrogens is 382 g/mol. The Morgan fingerprint density at radius 1 is 1.39 bits per heavy atom. The largest absolute Gasteiger partial charge is 0.396 e. The molecule has 0 radical (unpaired) electrons. The van der Waals surface area contributed by atoms with Crippen molar-refractivity contribution >= 4 is 40.2 Å². The molecule has 0 fully saturated rings. The topological polar surface area (TPSA) is 65.5 Å². The van der Waals surface area contributed by atoms with Crippen LogP contribution >= 0.6 is 28.6 Å². The Kier molecular flexibility index (Phi) is 5.98. The number of carbonyl (C=O) groups is 1. The van der Waals surface area contributed by atoms with Crippen LogP contribution in [-0.4, -0.2) is 29.1 Å². The molecule has 0 spiro atoms. The lowest BCUT2D eigenvalue weighted by Gasteiger charge is -2.21. The fourth-order valence-corrected chi connectivity index (χ4v) is 2.81. The van der Waals surface area contributed by atoms with Crippen LogP contribution in [0, 0.1) is 0 Å². The molecule has 1 aliphatic rings. The molecule has 3 rings (SSSR count). The first-order chi connectivity index (χ1) is 10.7. The fraction of sp³-hybridized carbons (Fsp3) is 0.250. The Labute approximate surface area is 150 Å². The van der Waals surface area contributed by atoms with Gasteiger partial charge in [0.25, 0.3) is 5.91 Å². The average Bonchev–Trinajstić information content (AvgIpc) is 2.90. The summed E-state index contributed by atoms with van der Waals surface area (Å²) in [6, 6.07) is 9.07. The zero-order valence-electron chi connectivity index (χ0n) is 12.3. The molecule has 0 bridgehead atoms. The number of benzene rings is 1. The fourth-order valence-electron chi connectivity index (χ4n) is 2.62. The van der Waals surface area contributed by atoms with E-state index >= 15 is 0 Å². The van der Waals surface area contributed by atoms with Gasteiger partial charge in [-0.05, 0) is 42.3 Å². The number of aliphatic hydroxyl groups is 1. The Hall–Kier alpha value is -1.63. The number of rotatable bonds is 4. The normalized spacial score (nSPS) is 12.5. The summed E-state index contributed by atoms with van der Waals surface area (Å²) in [5, 5.41) is 11.6. The first-order valence-electron chi connectivity index (χ1n) is 7.11. The number of hydrogen-bond acceptors (Lipinski definition) is 4. The van der Waals surface area contributed by atoms with Crippen LogP contribution in [0.25, 0.3) is 0 Å². The molecule has 0 unspecified atom stereocenters. The van der Waals surface area contributed by atoms with Crippen LogP contribution in [0.4, 0.5) is 5.69 Å². The molecule has 2 heterocycles. The number of amides is 1. The summed E-state index contributed by atoms with van der Waals surface area (Å²) >= 11 is 5.99. The molecule has 1 aromatic carbocycles. The molecule has 2 aromatic rings. The van der Waals surface area contributed by atoms with E-state index in [1.54, 1.807) is 18.3 Å². The van der Waals surface area contributed by atoms with Gasteiger partial charge in [-0.25, -0.2) is 0 Å². The molecule has 7 heteroatoms. The van der Waals surface area contributed by atoms with Gasteiger partial charge in [-0.2, -0.15) is 0 Å². The minimum Gasteiger partial charge on any atom is -0.396 e. The van der Waals surface area contributed by atoms with Crippen LogP contribution in [0.15, 0.2) is 36.5 Å². The maximum absolute atomic E-state index is 12.5. The molecule has 1 amide bonds. The second-order valence-electron chi connectivity index (χ2n) is 5.09. The lowest BCUT2D eigenvalue weighted by atomic mass is 10.1. The van der Waals surface area contributed by atoms with Crippen molar-refractivity contribution in [3.63, 3.8) is 0 Å². The van der Waals surface area contributed by atoms with E-state index in [1.165, 1.54) is 0 Å². The van der Waals surface area contributed by atoms with E-state index in [1.807, 2.05) is 23.2 Å². The van der Waals surface area contributed by atoms with E-state index in [0.29, 0.717) is 29.2 Å². The van der Waals surface area contributed by atoms with Crippen LogP contribution in [0.3, 0.4) is 0 Å². The summed E-state index contributed by atoms with van der Waals surface area (Å²) in [5.74, 6) is -0.223. The number of anilines is 1. The van der Waals surface area contributed by atoms with Crippen molar-refractivity contribution in [3.8, 4) is 0 Å². The van der Waals surface area contributed by atoms with Gasteiger partial charge < -0.3 is 5.11 Å². The van der Waals surface area contributed by atoms with Crippen molar-refractivity contribution in [1.82, 2.24) is 10.4 Å². The molecule has 1 aromatic heterocycles. The van der Waals surface area contributed by atoms with E-state index < -0.39 is 0 Å². The average molecular weight is 399 g/mol. The van der Waals surface area contributed by atoms with Crippen molar-refractivity contribution < 1.29 is 9.90 Å². The second kappa shape index (κ2) is 7.77. The monoisotopic (exact) mass is 397 g/mol. The number of halogens is 2. The Balaban J connectivity index is 0.00000192. The predicted molar refractivity (Wildman–Crippen MR) is 95.3 cm³/mol. The van der Waals surface area contributed by atoms with Gasteiger partial charge >= 0.3 is 0 Å². The number of aliphatic hydroxyl groups excluding tert-OH is 1. The Morgan fingerprint density at radius 3 is 3.00 bits per heavy atom. The number of nitrogens with zero attached hydrogens (tertiary/aromatic N) is 2. The van der Waals surface area contributed by atoms with Crippen LogP contribution in [-0.2, 0) is 12.8 Å². The van der Waals surface area contributed by atoms with E-state index in [9.17, 15) is 4.79 Å². The molecule has 23 heavy (non-hydrogen) atoms. The maximum atomic E-state index is 12.5. The van der Waals surface area contributed by atoms with Crippen LogP contribution in [0.1, 0.15) is 21.6 Å². The minimum absolute atomic E-state index is 0. The zero-order valence-corrected chi connectivity index (χ0v) is 14.8. The minimum atomic E-state index is -0.223. The summed E-state index contributed by atoms with van der Waals surface area (Å²) in [6.07, 6.45) is 2.82. The number of hydrazine groups is 1. The number of fused-ring (bicyclic) bond motifs is 1. The van der Waals surface area contributed by atoms with Crippen molar-refractivity contribution in [2.75, 3.05) is 18.2 Å². The third-order valence-electron chi connectivity index (χ3n) is 3.66. The van der Waals surface area contributed by atoms with E-state index in [0.717, 1.165) is 17.7 Å². The van der Waals surface area contributed by atoms with Crippen molar-refractivity contribution in [2.45, 2.75) is 12.8 Å². The highest BCUT2D eigenvalue weighted by Crippen LogP contribution is 2.29. The van der Waals surface area contributed by atoms with Gasteiger partial charge in [0, 0.05) is 30.8 Å². The molecule has 5 nitrogen and oxygen atoms in total. The summed E-state index contributed by atoms with van der Waals surface area (Å²) < 4.78 is 0. The summed E-state index contributed by atoms with van der Waals surface area (Å²) in [7, 11) is 0. The number of carbonyl (C=O) groups excluding carboxylic acids is 1. The summed E-state index contributed by atoms with van der Waals surface area (Å²) in [4.78, 5) is 16.6. The number of hydrogen-bond donors (Lipinski definition) is 2. The highest BCUT2D eigenvalue weighted by Gasteiger charge is 2.22. The van der Waals surface area contributed by atoms with Crippen LogP contribution in [0.2, 0.25) is 5.02 Å². The third-order valence-corrected chi connectivity index (χ3v) is 3.89. The first-order valence-corrected chi connectivity index (χ1v) is 7.48. The van der Waals surface area contributed by atoms with Gasteiger partial charge in [-0.1, -0.05) is 11.6 Å². The molecule has 0 saturated carbocycles. The molecule has 1 aliphatic heterocycles. The molecule has 2 N–H and O–H groups in total. The number of pyridine rings is 1. The number of nitrogens with one attached hydrogen (secondary N) is 1.